The molecule has 5 heteroatoms. The Morgan fingerprint density at radius 2 is 2.00 bits per heavy atom. The van der Waals surface area contributed by atoms with Crippen LogP contribution in [0, 0.1) is 5.92 Å². The second-order valence-corrected chi connectivity index (χ2v) is 6.35. The molecule has 1 saturated heterocycles. The summed E-state index contributed by atoms with van der Waals surface area (Å²) in [6.07, 6.45) is 4.08. The van der Waals surface area contributed by atoms with Gasteiger partial charge in [-0.2, -0.15) is 0 Å². The molecule has 2 heterocycles. The minimum absolute atomic E-state index is 0.241. The highest BCUT2D eigenvalue weighted by Crippen LogP contribution is 2.37. The van der Waals surface area contributed by atoms with E-state index in [1.165, 1.54) is 32.4 Å². The minimum atomic E-state index is 0.241. The van der Waals surface area contributed by atoms with Gasteiger partial charge in [0.05, 0.1) is 0 Å². The average Bonchev–Trinajstić information content (AvgIpc) is 3.05. The van der Waals surface area contributed by atoms with E-state index in [0.29, 0.717) is 12.3 Å². The zero-order valence-electron chi connectivity index (χ0n) is 12.2. The second-order valence-electron chi connectivity index (χ2n) is 6.35. The Bertz CT molecular complexity index is 530. The molecule has 2 aliphatic heterocycles. The summed E-state index contributed by atoms with van der Waals surface area (Å²) < 4.78 is 10.6. The quantitative estimate of drug-likeness (QED) is 0.864. The number of ether oxygens (including phenoxy) is 2. The molecule has 3 aliphatic rings. The smallest absolute Gasteiger partial charge is 0.231 e. The molecule has 4 rings (SSSR count). The summed E-state index contributed by atoms with van der Waals surface area (Å²) >= 11 is 0. The van der Waals surface area contributed by atoms with Crippen molar-refractivity contribution in [2.24, 2.45) is 5.92 Å². The van der Waals surface area contributed by atoms with Gasteiger partial charge in [0.2, 0.25) is 6.79 Å². The number of rotatable bonds is 5. The molecule has 1 unspecified atom stereocenters. The summed E-state index contributed by atoms with van der Waals surface area (Å²) in [5.74, 6) is 2.37. The van der Waals surface area contributed by atoms with Crippen LogP contribution in [0.1, 0.15) is 24.8 Å². The van der Waals surface area contributed by atoms with Gasteiger partial charge in [0, 0.05) is 30.8 Å². The fraction of sp³-hybridized carbons (Fsp3) is 0.625. The number of likely N-dealkylation sites (tertiary alicyclic amines) is 1. The first-order valence-electron chi connectivity index (χ1n) is 7.86. The van der Waals surface area contributed by atoms with Crippen molar-refractivity contribution >= 4 is 0 Å². The Balaban J connectivity index is 1.29. The number of nitrogens with zero attached hydrogens (tertiary/aromatic N) is 1. The molecule has 0 amide bonds. The van der Waals surface area contributed by atoms with Gasteiger partial charge >= 0.3 is 0 Å². The summed E-state index contributed by atoms with van der Waals surface area (Å²) in [5.41, 5.74) is 0.872. The van der Waals surface area contributed by atoms with E-state index in [9.17, 15) is 5.11 Å². The monoisotopic (exact) mass is 290 g/mol. The van der Waals surface area contributed by atoms with E-state index in [-0.39, 0.29) is 12.5 Å². The highest BCUT2D eigenvalue weighted by molar-refractivity contribution is 5.51. The number of benzene rings is 1. The maximum Gasteiger partial charge on any atom is 0.231 e. The SMILES string of the molecule is Oc1cc2c(cc1CNCC1CCN(C3CC3)C1)OCO2. The Hall–Kier alpha value is -1.46. The average molecular weight is 290 g/mol. The molecule has 1 aliphatic carbocycles. The molecule has 0 aromatic heterocycles. The Morgan fingerprint density at radius 3 is 2.81 bits per heavy atom. The second kappa shape index (κ2) is 5.39. The highest BCUT2D eigenvalue weighted by atomic mass is 16.7. The van der Waals surface area contributed by atoms with E-state index in [4.69, 9.17) is 9.47 Å². The maximum atomic E-state index is 10.0. The zero-order chi connectivity index (χ0) is 14.2. The summed E-state index contributed by atoms with van der Waals surface area (Å²) in [5, 5.41) is 13.5. The van der Waals surface area contributed by atoms with Crippen LogP contribution >= 0.6 is 0 Å². The molecule has 5 nitrogen and oxygen atoms in total. The van der Waals surface area contributed by atoms with Gasteiger partial charge in [0.25, 0.3) is 0 Å². The van der Waals surface area contributed by atoms with E-state index in [1.54, 1.807) is 6.07 Å². The van der Waals surface area contributed by atoms with Gasteiger partial charge in [-0.25, -0.2) is 0 Å². The predicted molar refractivity (Wildman–Crippen MR) is 78.6 cm³/mol. The van der Waals surface area contributed by atoms with Gasteiger partial charge in [-0.3, -0.25) is 0 Å². The van der Waals surface area contributed by atoms with Gasteiger partial charge in [-0.05, 0) is 44.3 Å². The van der Waals surface area contributed by atoms with Gasteiger partial charge in [0.1, 0.15) is 5.75 Å². The Morgan fingerprint density at radius 1 is 1.19 bits per heavy atom. The molecule has 0 spiro atoms. The van der Waals surface area contributed by atoms with Crippen LogP contribution in [0.15, 0.2) is 12.1 Å². The third-order valence-corrected chi connectivity index (χ3v) is 4.70. The van der Waals surface area contributed by atoms with Crippen molar-refractivity contribution < 1.29 is 14.6 Å². The molecular weight excluding hydrogens is 268 g/mol. The van der Waals surface area contributed by atoms with Crippen molar-refractivity contribution in [2.75, 3.05) is 26.4 Å². The van der Waals surface area contributed by atoms with Gasteiger partial charge in [-0.15, -0.1) is 0 Å². The number of hydrogen-bond acceptors (Lipinski definition) is 5. The summed E-state index contributed by atoms with van der Waals surface area (Å²) in [6.45, 7) is 4.40. The Kier molecular flexibility index (Phi) is 3.39. The fourth-order valence-electron chi connectivity index (χ4n) is 3.33. The standard InChI is InChI=1S/C16H22N2O3/c19-14-6-16-15(20-10-21-16)5-12(14)8-17-7-11-3-4-18(9-11)13-1-2-13/h5-6,11,13,17,19H,1-4,7-10H2. The minimum Gasteiger partial charge on any atom is -0.507 e. The number of hydrogen-bond donors (Lipinski definition) is 2. The molecule has 2 N–H and O–H groups in total. The van der Waals surface area contributed by atoms with Crippen LogP contribution in [0.4, 0.5) is 0 Å². The summed E-state index contributed by atoms with van der Waals surface area (Å²) in [6, 6.07) is 4.40. The highest BCUT2D eigenvalue weighted by Gasteiger charge is 2.34. The van der Waals surface area contributed by atoms with Crippen LogP contribution in [0.5, 0.6) is 17.2 Å². The van der Waals surface area contributed by atoms with E-state index in [0.717, 1.165) is 29.8 Å². The lowest BCUT2D eigenvalue weighted by molar-refractivity contribution is 0.174. The maximum absolute atomic E-state index is 10.0. The van der Waals surface area contributed by atoms with Crippen LogP contribution in [0.25, 0.3) is 0 Å². The third kappa shape index (κ3) is 2.80. The van der Waals surface area contributed by atoms with Crippen molar-refractivity contribution in [1.82, 2.24) is 10.2 Å². The molecular formula is C16H22N2O3. The van der Waals surface area contributed by atoms with Crippen molar-refractivity contribution in [2.45, 2.75) is 31.8 Å². The van der Waals surface area contributed by atoms with Crippen LogP contribution < -0.4 is 14.8 Å². The van der Waals surface area contributed by atoms with Crippen molar-refractivity contribution in [1.29, 1.82) is 0 Å². The van der Waals surface area contributed by atoms with Crippen LogP contribution in [-0.4, -0.2) is 42.5 Å². The Labute approximate surface area is 124 Å². The summed E-state index contributed by atoms with van der Waals surface area (Å²) in [7, 11) is 0. The molecule has 1 saturated carbocycles. The molecule has 1 aromatic rings. The number of aromatic hydroxyl groups is 1. The van der Waals surface area contributed by atoms with Crippen LogP contribution in [0.2, 0.25) is 0 Å². The molecule has 1 atom stereocenters. The first-order valence-corrected chi connectivity index (χ1v) is 7.86. The van der Waals surface area contributed by atoms with Crippen molar-refractivity contribution in [3.8, 4) is 17.2 Å². The first-order chi connectivity index (χ1) is 10.3. The number of phenolic OH excluding ortho intramolecular Hbond substituents is 1. The van der Waals surface area contributed by atoms with E-state index >= 15 is 0 Å². The van der Waals surface area contributed by atoms with Crippen LogP contribution in [-0.2, 0) is 6.54 Å². The lowest BCUT2D eigenvalue weighted by Crippen LogP contribution is -2.27. The molecule has 21 heavy (non-hydrogen) atoms. The van der Waals surface area contributed by atoms with Gasteiger partial charge in [-0.1, -0.05) is 0 Å². The third-order valence-electron chi connectivity index (χ3n) is 4.70. The molecule has 1 aromatic carbocycles. The predicted octanol–water partition coefficient (Wildman–Crippen LogP) is 1.69. The zero-order valence-corrected chi connectivity index (χ0v) is 12.2. The summed E-state index contributed by atoms with van der Waals surface area (Å²) in [4.78, 5) is 2.63. The van der Waals surface area contributed by atoms with Crippen molar-refractivity contribution in [3.05, 3.63) is 17.7 Å². The number of phenols is 1. The van der Waals surface area contributed by atoms with Crippen molar-refractivity contribution in [3.63, 3.8) is 0 Å². The molecule has 0 radical (unpaired) electrons. The topological polar surface area (TPSA) is 54.0 Å². The van der Waals surface area contributed by atoms with Crippen LogP contribution in [0.3, 0.4) is 0 Å². The number of nitrogens with one attached hydrogen (secondary N) is 1. The lowest BCUT2D eigenvalue weighted by Gasteiger charge is -2.15. The first kappa shape index (κ1) is 13.2. The van der Waals surface area contributed by atoms with E-state index in [2.05, 4.69) is 10.2 Å². The largest absolute Gasteiger partial charge is 0.507 e. The number of fused-ring (bicyclic) bond motifs is 1. The fourth-order valence-corrected chi connectivity index (χ4v) is 3.33. The van der Waals surface area contributed by atoms with Gasteiger partial charge in [0.15, 0.2) is 11.5 Å². The van der Waals surface area contributed by atoms with E-state index < -0.39 is 0 Å². The molecule has 0 bridgehead atoms. The van der Waals surface area contributed by atoms with Gasteiger partial charge < -0.3 is 24.8 Å². The molecule has 114 valence electrons. The van der Waals surface area contributed by atoms with E-state index in [1.807, 2.05) is 6.07 Å². The lowest BCUT2D eigenvalue weighted by atomic mass is 10.1. The molecule has 2 fully saturated rings. The normalized spacial score (nSPS) is 24.7.